The van der Waals surface area contributed by atoms with Gasteiger partial charge in [0.1, 0.15) is 11.6 Å². The molecule has 0 spiro atoms. The van der Waals surface area contributed by atoms with Crippen molar-refractivity contribution in [2.75, 3.05) is 6.61 Å². The van der Waals surface area contributed by atoms with Crippen molar-refractivity contribution in [3.05, 3.63) is 52.6 Å². The predicted octanol–water partition coefficient (Wildman–Crippen LogP) is 5.23. The Hall–Kier alpha value is -2.34. The molecule has 0 heterocycles. The van der Waals surface area contributed by atoms with Crippen LogP contribution in [0, 0.1) is 17.2 Å². The SMILES string of the molecule is C/C=C1\Cc2ccccc2\C1=C(\C#N)C(=O)OCC(CC)CCCC. The third-order valence-electron chi connectivity index (χ3n) is 4.90. The van der Waals surface area contributed by atoms with Gasteiger partial charge in [0.25, 0.3) is 0 Å². The van der Waals surface area contributed by atoms with Gasteiger partial charge in [-0.3, -0.25) is 0 Å². The molecule has 0 aliphatic heterocycles. The summed E-state index contributed by atoms with van der Waals surface area (Å²) in [5.41, 5.74) is 4.02. The molecule has 0 N–H and O–H groups in total. The Kier molecular flexibility index (Phi) is 7.01. The molecule has 132 valence electrons. The van der Waals surface area contributed by atoms with Crippen molar-refractivity contribution in [3.8, 4) is 6.07 Å². The molecule has 0 fully saturated rings. The number of fused-ring (bicyclic) bond motifs is 1. The fourth-order valence-electron chi connectivity index (χ4n) is 3.29. The van der Waals surface area contributed by atoms with Crippen LogP contribution in [0.4, 0.5) is 0 Å². The van der Waals surface area contributed by atoms with Gasteiger partial charge >= 0.3 is 5.97 Å². The molecular formula is C22H27NO2. The minimum absolute atomic E-state index is 0.128. The first-order chi connectivity index (χ1) is 12.2. The molecule has 1 aliphatic carbocycles. The highest BCUT2D eigenvalue weighted by atomic mass is 16.5. The van der Waals surface area contributed by atoms with Gasteiger partial charge in [-0.2, -0.15) is 5.26 Å². The molecule has 0 bridgehead atoms. The highest BCUT2D eigenvalue weighted by Gasteiger charge is 2.28. The number of hydrogen-bond donors (Lipinski definition) is 0. The van der Waals surface area contributed by atoms with Crippen molar-refractivity contribution in [2.24, 2.45) is 5.92 Å². The van der Waals surface area contributed by atoms with E-state index in [2.05, 4.69) is 19.9 Å². The number of carbonyl (C=O) groups is 1. The van der Waals surface area contributed by atoms with Crippen molar-refractivity contribution in [1.82, 2.24) is 0 Å². The summed E-state index contributed by atoms with van der Waals surface area (Å²) < 4.78 is 5.52. The fourth-order valence-corrected chi connectivity index (χ4v) is 3.29. The van der Waals surface area contributed by atoms with Crippen molar-refractivity contribution in [1.29, 1.82) is 5.26 Å². The topological polar surface area (TPSA) is 50.1 Å². The molecule has 25 heavy (non-hydrogen) atoms. The van der Waals surface area contributed by atoms with Crippen molar-refractivity contribution in [3.63, 3.8) is 0 Å². The smallest absolute Gasteiger partial charge is 0.349 e. The molecular weight excluding hydrogens is 310 g/mol. The summed E-state index contributed by atoms with van der Waals surface area (Å²) in [6.07, 6.45) is 7.05. The van der Waals surface area contributed by atoms with Gasteiger partial charge in [-0.25, -0.2) is 4.79 Å². The summed E-state index contributed by atoms with van der Waals surface area (Å²) in [7, 11) is 0. The number of benzene rings is 1. The zero-order valence-corrected chi connectivity index (χ0v) is 15.5. The van der Waals surface area contributed by atoms with Crippen LogP contribution >= 0.6 is 0 Å². The van der Waals surface area contributed by atoms with Gasteiger partial charge < -0.3 is 4.74 Å². The van der Waals surface area contributed by atoms with Crippen molar-refractivity contribution >= 4 is 11.5 Å². The van der Waals surface area contributed by atoms with Crippen LogP contribution in [0.25, 0.3) is 5.57 Å². The van der Waals surface area contributed by atoms with E-state index in [4.69, 9.17) is 4.74 Å². The van der Waals surface area contributed by atoms with E-state index in [0.29, 0.717) is 12.5 Å². The zero-order valence-electron chi connectivity index (χ0n) is 15.5. The maximum absolute atomic E-state index is 12.6. The summed E-state index contributed by atoms with van der Waals surface area (Å²) in [6, 6.07) is 10.0. The maximum Gasteiger partial charge on any atom is 0.349 e. The van der Waals surface area contributed by atoms with E-state index in [-0.39, 0.29) is 5.57 Å². The maximum atomic E-state index is 12.6. The van der Waals surface area contributed by atoms with Crippen LogP contribution in [0.5, 0.6) is 0 Å². The van der Waals surface area contributed by atoms with Gasteiger partial charge in [0.15, 0.2) is 0 Å². The molecule has 3 heteroatoms. The van der Waals surface area contributed by atoms with E-state index < -0.39 is 5.97 Å². The average Bonchev–Trinajstić information content (AvgIpc) is 3.01. The van der Waals surface area contributed by atoms with Crippen LogP contribution < -0.4 is 0 Å². The summed E-state index contributed by atoms with van der Waals surface area (Å²) in [6.45, 7) is 6.61. The zero-order chi connectivity index (χ0) is 18.2. The number of nitrogens with zero attached hydrogens (tertiary/aromatic N) is 1. The largest absolute Gasteiger partial charge is 0.461 e. The van der Waals surface area contributed by atoms with Crippen molar-refractivity contribution in [2.45, 2.75) is 52.9 Å². The normalized spacial score (nSPS) is 17.8. The Labute approximate surface area is 151 Å². The molecule has 3 nitrogen and oxygen atoms in total. The molecule has 0 aromatic heterocycles. The second kappa shape index (κ2) is 9.22. The lowest BCUT2D eigenvalue weighted by molar-refractivity contribution is -0.139. The molecule has 1 aliphatic rings. The third-order valence-corrected chi connectivity index (χ3v) is 4.90. The molecule has 0 saturated heterocycles. The number of nitriles is 1. The standard InChI is InChI=1S/C22H27NO2/c1-4-7-10-16(5-2)15-25-22(24)20(14-23)21-17(6-3)13-18-11-8-9-12-19(18)21/h6,8-9,11-12,16H,4-5,7,10,13,15H2,1-3H3/b17-6+,21-20-. The quantitative estimate of drug-likeness (QED) is 0.389. The first kappa shape index (κ1) is 19.0. The third kappa shape index (κ3) is 4.39. The molecule has 0 amide bonds. The number of hydrogen-bond acceptors (Lipinski definition) is 3. The Morgan fingerprint density at radius 3 is 2.76 bits per heavy atom. The molecule has 2 rings (SSSR count). The fraction of sp³-hybridized carbons (Fsp3) is 0.455. The van der Waals surface area contributed by atoms with Gasteiger partial charge in [0, 0.05) is 5.57 Å². The van der Waals surface area contributed by atoms with Crippen LogP contribution in [0.1, 0.15) is 57.6 Å². The molecule has 1 aromatic rings. The first-order valence-electron chi connectivity index (χ1n) is 9.21. The number of esters is 1. The van der Waals surface area contributed by atoms with Crippen LogP contribution in [0.15, 0.2) is 41.5 Å². The second-order valence-electron chi connectivity index (χ2n) is 6.52. The summed E-state index contributed by atoms with van der Waals surface area (Å²) in [4.78, 5) is 12.6. The van der Waals surface area contributed by atoms with Crippen LogP contribution in [0.2, 0.25) is 0 Å². The van der Waals surface area contributed by atoms with Gasteiger partial charge in [-0.1, -0.05) is 63.5 Å². The highest BCUT2D eigenvalue weighted by molar-refractivity contribution is 6.06. The molecule has 1 unspecified atom stereocenters. The lowest BCUT2D eigenvalue weighted by Crippen LogP contribution is -2.16. The van der Waals surface area contributed by atoms with E-state index in [1.54, 1.807) is 0 Å². The van der Waals surface area contributed by atoms with Gasteiger partial charge in [-0.05, 0) is 42.4 Å². The molecule has 0 saturated carbocycles. The van der Waals surface area contributed by atoms with Crippen LogP contribution in [0.3, 0.4) is 0 Å². The van der Waals surface area contributed by atoms with E-state index in [0.717, 1.165) is 54.4 Å². The number of unbranched alkanes of at least 4 members (excludes halogenated alkanes) is 1. The van der Waals surface area contributed by atoms with E-state index in [1.807, 2.05) is 37.3 Å². The monoisotopic (exact) mass is 337 g/mol. The average molecular weight is 337 g/mol. The number of carbonyl (C=O) groups excluding carboxylic acids is 1. The van der Waals surface area contributed by atoms with Gasteiger partial charge in [0.05, 0.1) is 6.61 Å². The van der Waals surface area contributed by atoms with Crippen molar-refractivity contribution < 1.29 is 9.53 Å². The minimum Gasteiger partial charge on any atom is -0.461 e. The summed E-state index contributed by atoms with van der Waals surface area (Å²) in [5, 5.41) is 9.62. The minimum atomic E-state index is -0.497. The molecule has 0 radical (unpaired) electrons. The van der Waals surface area contributed by atoms with Gasteiger partial charge in [-0.15, -0.1) is 0 Å². The Balaban J connectivity index is 2.24. The Morgan fingerprint density at radius 1 is 1.36 bits per heavy atom. The van der Waals surface area contributed by atoms with E-state index >= 15 is 0 Å². The Bertz CT molecular complexity index is 722. The van der Waals surface area contributed by atoms with Crippen LogP contribution in [-0.2, 0) is 16.0 Å². The molecule has 1 atom stereocenters. The number of ether oxygens (including phenoxy) is 1. The van der Waals surface area contributed by atoms with Crippen LogP contribution in [-0.4, -0.2) is 12.6 Å². The predicted molar refractivity (Wildman–Crippen MR) is 101 cm³/mol. The summed E-state index contributed by atoms with van der Waals surface area (Å²) in [5.74, 6) is -0.130. The lowest BCUT2D eigenvalue weighted by atomic mass is 9.98. The number of allylic oxidation sites excluding steroid dienone is 3. The number of rotatable bonds is 7. The lowest BCUT2D eigenvalue weighted by Gasteiger charge is -2.15. The Morgan fingerprint density at radius 2 is 2.12 bits per heavy atom. The first-order valence-corrected chi connectivity index (χ1v) is 9.21. The van der Waals surface area contributed by atoms with E-state index in [9.17, 15) is 10.1 Å². The van der Waals surface area contributed by atoms with Gasteiger partial charge in [0.2, 0.25) is 0 Å². The molecule has 1 aromatic carbocycles. The highest BCUT2D eigenvalue weighted by Crippen LogP contribution is 2.38. The van der Waals surface area contributed by atoms with E-state index in [1.165, 1.54) is 0 Å². The summed E-state index contributed by atoms with van der Waals surface area (Å²) >= 11 is 0. The second-order valence-corrected chi connectivity index (χ2v) is 6.52.